The molecule has 1 nitrogen and oxygen atoms in total. The zero-order chi connectivity index (χ0) is 15.8. The quantitative estimate of drug-likeness (QED) is 0.791. The molecule has 2 N–H and O–H groups in total. The van der Waals surface area contributed by atoms with Gasteiger partial charge in [-0.05, 0) is 60.4 Å². The van der Waals surface area contributed by atoms with E-state index in [-0.39, 0.29) is 0 Å². The Morgan fingerprint density at radius 2 is 1.48 bits per heavy atom. The van der Waals surface area contributed by atoms with Gasteiger partial charge in [0.2, 0.25) is 0 Å². The average Bonchev–Trinajstić information content (AvgIpc) is 2.36. The summed E-state index contributed by atoms with van der Waals surface area (Å²) in [6.07, 6.45) is -4.33. The van der Waals surface area contributed by atoms with Crippen LogP contribution in [-0.4, -0.2) is 0 Å². The highest BCUT2D eigenvalue weighted by atomic mass is 79.9. The molecule has 0 saturated heterocycles. The zero-order valence-electron chi connectivity index (χ0n) is 11.6. The fourth-order valence-electron chi connectivity index (χ4n) is 2.36. The van der Waals surface area contributed by atoms with E-state index in [0.29, 0.717) is 11.1 Å². The average molecular weight is 358 g/mol. The molecule has 0 aromatic heterocycles. The predicted octanol–water partition coefficient (Wildman–Crippen LogP) is 5.13. The summed E-state index contributed by atoms with van der Waals surface area (Å²) in [5, 5.41) is 0. The first-order valence-corrected chi connectivity index (χ1v) is 7.19. The molecule has 2 aromatic carbocycles. The number of halogens is 4. The van der Waals surface area contributed by atoms with Crippen LogP contribution in [0.5, 0.6) is 0 Å². The Balaban J connectivity index is 2.42. The van der Waals surface area contributed by atoms with Crippen molar-refractivity contribution in [3.05, 3.63) is 68.7 Å². The summed E-state index contributed by atoms with van der Waals surface area (Å²) in [7, 11) is 0. The van der Waals surface area contributed by atoms with E-state index in [9.17, 15) is 13.2 Å². The maximum atomic E-state index is 12.7. The second-order valence-electron chi connectivity index (χ2n) is 5.05. The van der Waals surface area contributed by atoms with Gasteiger partial charge in [0.05, 0.1) is 11.6 Å². The Kier molecular flexibility index (Phi) is 4.44. The van der Waals surface area contributed by atoms with Crippen molar-refractivity contribution >= 4 is 15.9 Å². The minimum atomic E-state index is -4.33. The fourth-order valence-corrected chi connectivity index (χ4v) is 2.83. The van der Waals surface area contributed by atoms with E-state index in [2.05, 4.69) is 15.9 Å². The molecule has 0 heterocycles. The van der Waals surface area contributed by atoms with Crippen LogP contribution in [-0.2, 0) is 6.18 Å². The molecule has 0 aliphatic carbocycles. The fraction of sp³-hybridized carbons (Fsp3) is 0.250. The molecular formula is C16H15BrF3N. The van der Waals surface area contributed by atoms with E-state index < -0.39 is 17.8 Å². The highest BCUT2D eigenvalue weighted by Crippen LogP contribution is 2.33. The SMILES string of the molecule is Cc1cc(Br)ccc1C(N)c1ccc(C(F)(F)F)cc1C. The van der Waals surface area contributed by atoms with E-state index in [1.54, 1.807) is 6.92 Å². The van der Waals surface area contributed by atoms with Crippen LogP contribution in [0, 0.1) is 13.8 Å². The molecule has 112 valence electrons. The molecule has 5 heteroatoms. The smallest absolute Gasteiger partial charge is 0.320 e. The molecule has 21 heavy (non-hydrogen) atoms. The lowest BCUT2D eigenvalue weighted by Crippen LogP contribution is -2.15. The monoisotopic (exact) mass is 357 g/mol. The Hall–Kier alpha value is -1.33. The number of alkyl halides is 3. The van der Waals surface area contributed by atoms with E-state index in [1.807, 2.05) is 25.1 Å². The molecule has 1 unspecified atom stereocenters. The third-order valence-electron chi connectivity index (χ3n) is 3.50. The number of hydrogen-bond donors (Lipinski definition) is 1. The summed E-state index contributed by atoms with van der Waals surface area (Å²) in [5.41, 5.74) is 8.72. The Morgan fingerprint density at radius 1 is 0.952 bits per heavy atom. The van der Waals surface area contributed by atoms with Gasteiger partial charge in [-0.25, -0.2) is 0 Å². The maximum Gasteiger partial charge on any atom is 0.416 e. The van der Waals surface area contributed by atoms with Gasteiger partial charge < -0.3 is 5.73 Å². The van der Waals surface area contributed by atoms with Crippen molar-refractivity contribution in [2.24, 2.45) is 5.73 Å². The molecule has 0 aliphatic rings. The maximum absolute atomic E-state index is 12.7. The summed E-state index contributed by atoms with van der Waals surface area (Å²) in [6, 6.07) is 8.95. The van der Waals surface area contributed by atoms with Crippen molar-refractivity contribution in [2.75, 3.05) is 0 Å². The first-order chi connectivity index (χ1) is 9.70. The summed E-state index contributed by atoms with van der Waals surface area (Å²) < 4.78 is 39.0. The third-order valence-corrected chi connectivity index (χ3v) is 3.99. The van der Waals surface area contributed by atoms with Gasteiger partial charge in [0, 0.05) is 4.47 Å². The Bertz CT molecular complexity index is 665. The number of nitrogens with two attached hydrogens (primary N) is 1. The van der Waals surface area contributed by atoms with Crippen LogP contribution in [0.2, 0.25) is 0 Å². The van der Waals surface area contributed by atoms with Gasteiger partial charge in [0.25, 0.3) is 0 Å². The summed E-state index contributed by atoms with van der Waals surface area (Å²) in [6.45, 7) is 3.58. The lowest BCUT2D eigenvalue weighted by atomic mass is 9.92. The van der Waals surface area contributed by atoms with Crippen molar-refractivity contribution in [3.8, 4) is 0 Å². The second-order valence-corrected chi connectivity index (χ2v) is 5.96. The van der Waals surface area contributed by atoms with E-state index in [0.717, 1.165) is 27.7 Å². The lowest BCUT2D eigenvalue weighted by molar-refractivity contribution is -0.137. The largest absolute Gasteiger partial charge is 0.416 e. The van der Waals surface area contributed by atoms with Crippen molar-refractivity contribution in [1.82, 2.24) is 0 Å². The van der Waals surface area contributed by atoms with E-state index >= 15 is 0 Å². The normalized spacial score (nSPS) is 13.3. The van der Waals surface area contributed by atoms with Gasteiger partial charge in [-0.1, -0.05) is 28.1 Å². The van der Waals surface area contributed by atoms with E-state index in [4.69, 9.17) is 5.73 Å². The second kappa shape index (κ2) is 5.81. The first kappa shape index (κ1) is 16.0. The molecule has 1 atom stereocenters. The van der Waals surface area contributed by atoms with Gasteiger partial charge in [0.15, 0.2) is 0 Å². The number of hydrogen-bond acceptors (Lipinski definition) is 1. The molecule has 2 rings (SSSR count). The minimum absolute atomic E-state index is 0.444. The van der Waals surface area contributed by atoms with Gasteiger partial charge >= 0.3 is 6.18 Å². The summed E-state index contributed by atoms with van der Waals surface area (Å²) >= 11 is 3.38. The van der Waals surface area contributed by atoms with Gasteiger partial charge in [0.1, 0.15) is 0 Å². The van der Waals surface area contributed by atoms with Crippen LogP contribution in [0.25, 0.3) is 0 Å². The number of benzene rings is 2. The number of rotatable bonds is 2. The highest BCUT2D eigenvalue weighted by molar-refractivity contribution is 9.10. The topological polar surface area (TPSA) is 26.0 Å². The molecule has 0 radical (unpaired) electrons. The number of aryl methyl sites for hydroxylation is 2. The highest BCUT2D eigenvalue weighted by Gasteiger charge is 2.31. The Labute approximate surface area is 130 Å². The zero-order valence-corrected chi connectivity index (χ0v) is 13.2. The molecule has 0 fully saturated rings. The summed E-state index contributed by atoms with van der Waals surface area (Å²) in [5.74, 6) is 0. The summed E-state index contributed by atoms with van der Waals surface area (Å²) in [4.78, 5) is 0. The molecule has 0 saturated carbocycles. The molecule has 0 bridgehead atoms. The first-order valence-electron chi connectivity index (χ1n) is 6.39. The van der Waals surface area contributed by atoms with Crippen molar-refractivity contribution < 1.29 is 13.2 Å². The van der Waals surface area contributed by atoms with Crippen molar-refractivity contribution in [2.45, 2.75) is 26.1 Å². The van der Waals surface area contributed by atoms with Crippen molar-refractivity contribution in [3.63, 3.8) is 0 Å². The van der Waals surface area contributed by atoms with Gasteiger partial charge in [-0.3, -0.25) is 0 Å². The van der Waals surface area contributed by atoms with Gasteiger partial charge in [-0.15, -0.1) is 0 Å². The van der Waals surface area contributed by atoms with Crippen LogP contribution >= 0.6 is 15.9 Å². The van der Waals surface area contributed by atoms with Crippen LogP contribution in [0.1, 0.15) is 33.9 Å². The van der Waals surface area contributed by atoms with Crippen LogP contribution in [0.15, 0.2) is 40.9 Å². The lowest BCUT2D eigenvalue weighted by Gasteiger charge is -2.19. The van der Waals surface area contributed by atoms with Gasteiger partial charge in [-0.2, -0.15) is 13.2 Å². The standard InChI is InChI=1S/C16H15BrF3N/c1-9-7-11(16(18,19)20)3-5-13(9)15(21)14-6-4-12(17)8-10(14)2/h3-8,15H,21H2,1-2H3. The van der Waals surface area contributed by atoms with E-state index in [1.165, 1.54) is 6.07 Å². The molecule has 2 aromatic rings. The van der Waals surface area contributed by atoms with Crippen LogP contribution in [0.4, 0.5) is 13.2 Å². The minimum Gasteiger partial charge on any atom is -0.320 e. The van der Waals surface area contributed by atoms with Crippen LogP contribution in [0.3, 0.4) is 0 Å². The molecule has 0 amide bonds. The molecule has 0 aliphatic heterocycles. The van der Waals surface area contributed by atoms with Crippen molar-refractivity contribution in [1.29, 1.82) is 0 Å². The molecular weight excluding hydrogens is 343 g/mol. The third kappa shape index (κ3) is 3.47. The Morgan fingerprint density at radius 3 is 1.95 bits per heavy atom. The predicted molar refractivity (Wildman–Crippen MR) is 81.1 cm³/mol. The van der Waals surface area contributed by atoms with Crippen LogP contribution < -0.4 is 5.73 Å². The molecule has 0 spiro atoms.